The molecule has 92 valence electrons. The van der Waals surface area contributed by atoms with Crippen LogP contribution in [0.25, 0.3) is 6.08 Å². The van der Waals surface area contributed by atoms with E-state index in [0.717, 1.165) is 17.3 Å². The van der Waals surface area contributed by atoms with Crippen molar-refractivity contribution in [3.63, 3.8) is 0 Å². The fraction of sp³-hybridized carbons (Fsp3) is 0.333. The Labute approximate surface area is 105 Å². The zero-order valence-corrected chi connectivity index (χ0v) is 11.0. The number of pyridine rings is 1. The summed E-state index contributed by atoms with van der Waals surface area (Å²) in [6, 6.07) is 0. The first-order chi connectivity index (χ1) is 7.97. The molecule has 17 heavy (non-hydrogen) atoms. The van der Waals surface area contributed by atoms with Crippen LogP contribution >= 0.6 is 11.8 Å². The summed E-state index contributed by atoms with van der Waals surface area (Å²) >= 11 is 1.14. The van der Waals surface area contributed by atoms with Crippen molar-refractivity contribution in [2.45, 2.75) is 12.7 Å². The molecule has 1 amide bonds. The molecule has 0 saturated carbocycles. The molecule has 5 heteroatoms. The Kier molecular flexibility index (Phi) is 4.57. The first-order valence-electron chi connectivity index (χ1n) is 5.11. The molecule has 0 aliphatic heterocycles. The van der Waals surface area contributed by atoms with Gasteiger partial charge in [-0.25, -0.2) is 0 Å². The van der Waals surface area contributed by atoms with Crippen molar-refractivity contribution in [3.8, 4) is 5.75 Å². The van der Waals surface area contributed by atoms with Crippen molar-refractivity contribution in [2.24, 2.45) is 0 Å². The van der Waals surface area contributed by atoms with E-state index in [1.807, 2.05) is 0 Å². The molecule has 0 aliphatic rings. The van der Waals surface area contributed by atoms with Gasteiger partial charge in [-0.15, -0.1) is 0 Å². The van der Waals surface area contributed by atoms with Crippen molar-refractivity contribution in [3.05, 3.63) is 29.6 Å². The van der Waals surface area contributed by atoms with Gasteiger partial charge < -0.3 is 10.0 Å². The third-order valence-electron chi connectivity index (χ3n) is 2.30. The minimum absolute atomic E-state index is 0.0473. The average Bonchev–Trinajstić information content (AvgIpc) is 2.30. The van der Waals surface area contributed by atoms with Gasteiger partial charge in [-0.3, -0.25) is 9.78 Å². The van der Waals surface area contributed by atoms with Crippen LogP contribution in [0.15, 0.2) is 12.8 Å². The topological polar surface area (TPSA) is 53.4 Å². The van der Waals surface area contributed by atoms with Gasteiger partial charge in [0.25, 0.3) is 5.24 Å². The summed E-state index contributed by atoms with van der Waals surface area (Å²) in [5.41, 5.74) is 2.02. The normalized spacial score (nSPS) is 10.1. The number of nitrogens with zero attached hydrogens (tertiary/aromatic N) is 2. The number of hydrogen-bond donors (Lipinski definition) is 1. The summed E-state index contributed by atoms with van der Waals surface area (Å²) < 4.78 is 0. The minimum atomic E-state index is -0.0473. The molecule has 0 bridgehead atoms. The standard InChI is InChI=1S/C12H16N2O2S/c1-5-9-6-13-8(2)11(15)10(9)7-17-12(16)14(3)4/h5-6,15H,1,7H2,2-4H3. The first kappa shape index (κ1) is 13.6. The van der Waals surface area contributed by atoms with Crippen LogP contribution in [-0.2, 0) is 5.75 Å². The Balaban J connectivity index is 2.93. The highest BCUT2D eigenvalue weighted by Gasteiger charge is 2.13. The Morgan fingerprint density at radius 1 is 1.65 bits per heavy atom. The smallest absolute Gasteiger partial charge is 0.281 e. The van der Waals surface area contributed by atoms with E-state index in [2.05, 4.69) is 11.6 Å². The second kappa shape index (κ2) is 5.72. The summed E-state index contributed by atoms with van der Waals surface area (Å²) in [7, 11) is 3.39. The summed E-state index contributed by atoms with van der Waals surface area (Å²) in [6.07, 6.45) is 3.28. The van der Waals surface area contributed by atoms with E-state index in [1.54, 1.807) is 33.3 Å². The molecule has 0 aliphatic carbocycles. The number of carbonyl (C=O) groups is 1. The number of carbonyl (C=O) groups excluding carboxylic acids is 1. The third kappa shape index (κ3) is 3.23. The number of thioether (sulfide) groups is 1. The van der Waals surface area contributed by atoms with Gasteiger partial charge in [0.1, 0.15) is 5.75 Å². The van der Waals surface area contributed by atoms with Crippen molar-refractivity contribution in [1.82, 2.24) is 9.88 Å². The van der Waals surface area contributed by atoms with Crippen LogP contribution in [0.4, 0.5) is 4.79 Å². The number of aromatic nitrogens is 1. The lowest BCUT2D eigenvalue weighted by molar-refractivity contribution is 0.241. The number of aryl methyl sites for hydroxylation is 1. The van der Waals surface area contributed by atoms with Crippen molar-refractivity contribution >= 4 is 23.1 Å². The molecular formula is C12H16N2O2S. The average molecular weight is 252 g/mol. The molecule has 1 heterocycles. The number of aromatic hydroxyl groups is 1. The van der Waals surface area contributed by atoms with Crippen LogP contribution in [0, 0.1) is 6.92 Å². The molecule has 4 nitrogen and oxygen atoms in total. The van der Waals surface area contributed by atoms with Crippen molar-refractivity contribution < 1.29 is 9.90 Å². The van der Waals surface area contributed by atoms with Gasteiger partial charge in [0.05, 0.1) is 5.69 Å². The van der Waals surface area contributed by atoms with Gasteiger partial charge in [-0.05, 0) is 12.5 Å². The fourth-order valence-corrected chi connectivity index (χ4v) is 2.08. The maximum atomic E-state index is 11.5. The fourth-order valence-electron chi connectivity index (χ4n) is 1.25. The molecule has 0 unspecified atom stereocenters. The van der Waals surface area contributed by atoms with Crippen LogP contribution in [0.1, 0.15) is 16.8 Å². The number of hydrogen-bond acceptors (Lipinski definition) is 4. The van der Waals surface area contributed by atoms with Gasteiger partial charge in [0.2, 0.25) is 0 Å². The van der Waals surface area contributed by atoms with Crippen LogP contribution in [0.5, 0.6) is 5.75 Å². The SMILES string of the molecule is C=Cc1cnc(C)c(O)c1CSC(=O)N(C)C. The monoisotopic (exact) mass is 252 g/mol. The molecule has 1 aromatic rings. The molecule has 1 rings (SSSR count). The second-order valence-corrected chi connectivity index (χ2v) is 4.71. The largest absolute Gasteiger partial charge is 0.506 e. The zero-order valence-electron chi connectivity index (χ0n) is 10.2. The lowest BCUT2D eigenvalue weighted by Crippen LogP contribution is -2.16. The molecule has 0 spiro atoms. The van der Waals surface area contributed by atoms with Crippen LogP contribution in [0.3, 0.4) is 0 Å². The van der Waals surface area contributed by atoms with E-state index in [-0.39, 0.29) is 11.0 Å². The lowest BCUT2D eigenvalue weighted by Gasteiger charge is -2.12. The van der Waals surface area contributed by atoms with E-state index in [0.29, 0.717) is 17.0 Å². The molecule has 0 fully saturated rings. The quantitative estimate of drug-likeness (QED) is 0.898. The highest BCUT2D eigenvalue weighted by atomic mass is 32.2. The maximum absolute atomic E-state index is 11.5. The molecular weight excluding hydrogens is 236 g/mol. The lowest BCUT2D eigenvalue weighted by atomic mass is 10.1. The van der Waals surface area contributed by atoms with Gasteiger partial charge in [-0.1, -0.05) is 24.4 Å². The predicted octanol–water partition coefficient (Wildman–Crippen LogP) is 2.65. The highest BCUT2D eigenvalue weighted by Crippen LogP contribution is 2.29. The van der Waals surface area contributed by atoms with Crippen molar-refractivity contribution in [2.75, 3.05) is 14.1 Å². The van der Waals surface area contributed by atoms with Gasteiger partial charge in [0, 0.05) is 31.6 Å². The Hall–Kier alpha value is -1.49. The third-order valence-corrected chi connectivity index (χ3v) is 3.34. The molecule has 0 saturated heterocycles. The maximum Gasteiger partial charge on any atom is 0.281 e. The summed E-state index contributed by atoms with van der Waals surface area (Å²) in [4.78, 5) is 17.0. The summed E-state index contributed by atoms with van der Waals surface area (Å²) in [5, 5.41) is 9.87. The molecule has 0 radical (unpaired) electrons. The number of amides is 1. The Morgan fingerprint density at radius 2 is 2.29 bits per heavy atom. The van der Waals surface area contributed by atoms with E-state index in [4.69, 9.17) is 0 Å². The summed E-state index contributed by atoms with van der Waals surface area (Å²) in [6.45, 7) is 5.40. The van der Waals surface area contributed by atoms with Crippen LogP contribution in [-0.4, -0.2) is 34.3 Å². The van der Waals surface area contributed by atoms with Gasteiger partial charge in [0.15, 0.2) is 0 Å². The minimum Gasteiger partial charge on any atom is -0.506 e. The van der Waals surface area contributed by atoms with E-state index in [1.165, 1.54) is 4.90 Å². The highest BCUT2D eigenvalue weighted by molar-refractivity contribution is 8.12. The molecule has 1 aromatic heterocycles. The Bertz CT molecular complexity index is 444. The zero-order chi connectivity index (χ0) is 13.0. The van der Waals surface area contributed by atoms with E-state index < -0.39 is 0 Å². The Morgan fingerprint density at radius 3 is 2.82 bits per heavy atom. The summed E-state index contributed by atoms with van der Waals surface area (Å²) in [5.74, 6) is 0.551. The van der Waals surface area contributed by atoms with E-state index in [9.17, 15) is 9.90 Å². The molecule has 0 atom stereocenters. The van der Waals surface area contributed by atoms with E-state index >= 15 is 0 Å². The number of rotatable bonds is 3. The van der Waals surface area contributed by atoms with Crippen molar-refractivity contribution in [1.29, 1.82) is 0 Å². The van der Waals surface area contributed by atoms with Crippen LogP contribution < -0.4 is 0 Å². The van der Waals surface area contributed by atoms with Crippen LogP contribution in [0.2, 0.25) is 0 Å². The van der Waals surface area contributed by atoms with Gasteiger partial charge >= 0.3 is 0 Å². The molecule has 1 N–H and O–H groups in total. The van der Waals surface area contributed by atoms with Gasteiger partial charge in [-0.2, -0.15) is 0 Å². The molecule has 0 aromatic carbocycles. The first-order valence-corrected chi connectivity index (χ1v) is 6.10. The second-order valence-electron chi connectivity index (χ2n) is 3.78. The predicted molar refractivity (Wildman–Crippen MR) is 71.1 cm³/mol.